The molecule has 0 radical (unpaired) electrons. The summed E-state index contributed by atoms with van der Waals surface area (Å²) in [4.78, 5) is 4.29. The van der Waals surface area contributed by atoms with Gasteiger partial charge in [-0.2, -0.15) is 0 Å². The van der Waals surface area contributed by atoms with E-state index in [0.29, 0.717) is 6.04 Å². The van der Waals surface area contributed by atoms with Gasteiger partial charge in [-0.1, -0.05) is 0 Å². The van der Waals surface area contributed by atoms with Crippen molar-refractivity contribution >= 4 is 17.0 Å². The van der Waals surface area contributed by atoms with Crippen molar-refractivity contribution in [3.63, 3.8) is 0 Å². The van der Waals surface area contributed by atoms with E-state index in [4.69, 9.17) is 0 Å². The summed E-state index contributed by atoms with van der Waals surface area (Å²) in [6.07, 6.45) is 1.84. The molecule has 0 amide bonds. The smallest absolute Gasteiger partial charge is 0.123 e. The van der Waals surface area contributed by atoms with E-state index >= 15 is 0 Å². The van der Waals surface area contributed by atoms with Crippen LogP contribution in [0.1, 0.15) is 0 Å². The zero-order chi connectivity index (χ0) is 10.8. The van der Waals surface area contributed by atoms with Gasteiger partial charge in [0.05, 0.1) is 6.04 Å². The summed E-state index contributed by atoms with van der Waals surface area (Å²) in [5.41, 5.74) is 2.37. The van der Waals surface area contributed by atoms with Crippen molar-refractivity contribution in [1.82, 2.24) is 10.3 Å². The zero-order valence-electron chi connectivity index (χ0n) is 8.81. The molecule has 2 aromatic rings. The number of thiazole rings is 1. The molecule has 1 aliphatic heterocycles. The average molecular weight is 231 g/mol. The SMILES string of the molecule is c1csc(-c2ccc(NC3CNC3)cc2)n1. The topological polar surface area (TPSA) is 37.0 Å². The van der Waals surface area contributed by atoms with Crippen LogP contribution in [-0.4, -0.2) is 24.1 Å². The van der Waals surface area contributed by atoms with Gasteiger partial charge in [-0.05, 0) is 24.3 Å². The van der Waals surface area contributed by atoms with Gasteiger partial charge in [-0.15, -0.1) is 11.3 Å². The minimum Gasteiger partial charge on any atom is -0.380 e. The van der Waals surface area contributed by atoms with E-state index < -0.39 is 0 Å². The Labute approximate surface area is 98.5 Å². The van der Waals surface area contributed by atoms with Crippen LogP contribution in [0, 0.1) is 0 Å². The van der Waals surface area contributed by atoms with E-state index in [1.54, 1.807) is 11.3 Å². The largest absolute Gasteiger partial charge is 0.380 e. The lowest BCUT2D eigenvalue weighted by atomic mass is 10.1. The molecule has 3 rings (SSSR count). The minimum absolute atomic E-state index is 0.589. The molecular formula is C12H13N3S. The predicted molar refractivity (Wildman–Crippen MR) is 67.8 cm³/mol. The van der Waals surface area contributed by atoms with Crippen molar-refractivity contribution < 1.29 is 0 Å². The lowest BCUT2D eigenvalue weighted by Crippen LogP contribution is -2.51. The number of rotatable bonds is 3. The first-order valence-corrected chi connectivity index (χ1v) is 6.27. The van der Waals surface area contributed by atoms with Crippen LogP contribution in [0.15, 0.2) is 35.8 Å². The molecule has 1 aliphatic rings. The molecular weight excluding hydrogens is 218 g/mol. The molecule has 3 nitrogen and oxygen atoms in total. The quantitative estimate of drug-likeness (QED) is 0.850. The van der Waals surface area contributed by atoms with Crippen molar-refractivity contribution in [2.45, 2.75) is 6.04 Å². The Bertz CT molecular complexity index is 446. The van der Waals surface area contributed by atoms with E-state index in [0.717, 1.165) is 18.1 Å². The Balaban J connectivity index is 1.74. The second-order valence-corrected chi connectivity index (χ2v) is 4.81. The number of hydrogen-bond acceptors (Lipinski definition) is 4. The molecule has 82 valence electrons. The van der Waals surface area contributed by atoms with Crippen molar-refractivity contribution in [3.8, 4) is 10.6 Å². The van der Waals surface area contributed by atoms with Crippen LogP contribution >= 0.6 is 11.3 Å². The molecule has 1 aromatic heterocycles. The number of anilines is 1. The fourth-order valence-electron chi connectivity index (χ4n) is 1.70. The van der Waals surface area contributed by atoms with E-state index in [-0.39, 0.29) is 0 Å². The third-order valence-electron chi connectivity index (χ3n) is 2.72. The average Bonchev–Trinajstić information content (AvgIpc) is 2.78. The second kappa shape index (κ2) is 4.23. The normalized spacial score (nSPS) is 15.8. The van der Waals surface area contributed by atoms with Crippen molar-refractivity contribution in [2.24, 2.45) is 0 Å². The molecule has 0 atom stereocenters. The molecule has 0 bridgehead atoms. The van der Waals surface area contributed by atoms with Crippen molar-refractivity contribution in [3.05, 3.63) is 35.8 Å². The Morgan fingerprint density at radius 1 is 1.25 bits per heavy atom. The van der Waals surface area contributed by atoms with Gasteiger partial charge >= 0.3 is 0 Å². The minimum atomic E-state index is 0.589. The van der Waals surface area contributed by atoms with E-state index in [1.807, 2.05) is 11.6 Å². The molecule has 1 aromatic carbocycles. The number of nitrogens with zero attached hydrogens (tertiary/aromatic N) is 1. The first-order chi connectivity index (χ1) is 7.92. The predicted octanol–water partition coefficient (Wildman–Crippen LogP) is 2.19. The first kappa shape index (κ1) is 9.81. The number of nitrogens with one attached hydrogen (secondary N) is 2. The van der Waals surface area contributed by atoms with Crippen LogP contribution in [0.4, 0.5) is 5.69 Å². The Kier molecular flexibility index (Phi) is 2.60. The molecule has 16 heavy (non-hydrogen) atoms. The summed E-state index contributed by atoms with van der Waals surface area (Å²) in [5.74, 6) is 0. The summed E-state index contributed by atoms with van der Waals surface area (Å²) >= 11 is 1.67. The highest BCUT2D eigenvalue weighted by atomic mass is 32.1. The first-order valence-electron chi connectivity index (χ1n) is 5.39. The lowest BCUT2D eigenvalue weighted by Gasteiger charge is -2.28. The van der Waals surface area contributed by atoms with E-state index in [9.17, 15) is 0 Å². The lowest BCUT2D eigenvalue weighted by molar-refractivity contribution is 0.472. The third kappa shape index (κ3) is 1.94. The summed E-state index contributed by atoms with van der Waals surface area (Å²) in [6, 6.07) is 9.07. The van der Waals surface area contributed by atoms with Gasteiger partial charge in [0.25, 0.3) is 0 Å². The highest BCUT2D eigenvalue weighted by molar-refractivity contribution is 7.13. The molecule has 0 unspecified atom stereocenters. The van der Waals surface area contributed by atoms with Gasteiger partial charge in [0.15, 0.2) is 0 Å². The van der Waals surface area contributed by atoms with Crippen LogP contribution in [-0.2, 0) is 0 Å². The zero-order valence-corrected chi connectivity index (χ0v) is 9.63. The van der Waals surface area contributed by atoms with Gasteiger partial charge in [0.1, 0.15) is 5.01 Å². The van der Waals surface area contributed by atoms with Gasteiger partial charge < -0.3 is 10.6 Å². The Hall–Kier alpha value is -1.39. The third-order valence-corrected chi connectivity index (χ3v) is 3.54. The van der Waals surface area contributed by atoms with Crippen LogP contribution in [0.2, 0.25) is 0 Å². The van der Waals surface area contributed by atoms with Gasteiger partial charge in [0.2, 0.25) is 0 Å². The molecule has 0 spiro atoms. The number of aromatic nitrogens is 1. The maximum Gasteiger partial charge on any atom is 0.123 e. The molecule has 1 saturated heterocycles. The monoisotopic (exact) mass is 231 g/mol. The molecule has 2 heterocycles. The van der Waals surface area contributed by atoms with E-state index in [1.165, 1.54) is 11.3 Å². The maximum atomic E-state index is 4.29. The number of hydrogen-bond donors (Lipinski definition) is 2. The summed E-state index contributed by atoms with van der Waals surface area (Å²) in [7, 11) is 0. The van der Waals surface area contributed by atoms with Gasteiger partial charge in [0, 0.05) is 35.9 Å². The molecule has 0 saturated carbocycles. The Morgan fingerprint density at radius 2 is 2.06 bits per heavy atom. The number of benzene rings is 1. The second-order valence-electron chi connectivity index (χ2n) is 3.91. The van der Waals surface area contributed by atoms with Gasteiger partial charge in [-0.3, -0.25) is 0 Å². The van der Waals surface area contributed by atoms with E-state index in [2.05, 4.69) is 39.9 Å². The standard InChI is InChI=1S/C12H13N3S/c1-3-10(15-11-7-13-8-11)4-2-9(1)12-14-5-6-16-12/h1-6,11,13,15H,7-8H2. The van der Waals surface area contributed by atoms with Crippen molar-refractivity contribution in [2.75, 3.05) is 18.4 Å². The van der Waals surface area contributed by atoms with Crippen LogP contribution in [0.5, 0.6) is 0 Å². The van der Waals surface area contributed by atoms with Crippen LogP contribution in [0.25, 0.3) is 10.6 Å². The highest BCUT2D eigenvalue weighted by Crippen LogP contribution is 2.23. The fraction of sp³-hybridized carbons (Fsp3) is 0.250. The summed E-state index contributed by atoms with van der Waals surface area (Å²) < 4.78 is 0. The summed E-state index contributed by atoms with van der Waals surface area (Å²) in [5, 5.41) is 9.80. The summed E-state index contributed by atoms with van der Waals surface area (Å²) in [6.45, 7) is 2.13. The molecule has 0 aliphatic carbocycles. The fourth-order valence-corrected chi connectivity index (χ4v) is 2.35. The molecule has 2 N–H and O–H groups in total. The molecule has 4 heteroatoms. The highest BCUT2D eigenvalue weighted by Gasteiger charge is 2.15. The maximum absolute atomic E-state index is 4.29. The Morgan fingerprint density at radius 3 is 2.62 bits per heavy atom. The van der Waals surface area contributed by atoms with Gasteiger partial charge in [-0.25, -0.2) is 4.98 Å². The van der Waals surface area contributed by atoms with Crippen LogP contribution in [0.3, 0.4) is 0 Å². The van der Waals surface area contributed by atoms with Crippen LogP contribution < -0.4 is 10.6 Å². The van der Waals surface area contributed by atoms with Crippen molar-refractivity contribution in [1.29, 1.82) is 0 Å². The molecule has 1 fully saturated rings.